The van der Waals surface area contributed by atoms with E-state index in [1.165, 1.54) is 32.4 Å². The Morgan fingerprint density at radius 3 is 2.58 bits per heavy atom. The molecule has 1 aromatic rings. The number of likely N-dealkylation sites (N-methyl/N-ethyl adjacent to an activating group) is 1. The van der Waals surface area contributed by atoms with Crippen LogP contribution in [0.3, 0.4) is 0 Å². The summed E-state index contributed by atoms with van der Waals surface area (Å²) in [5.74, 6) is -0.344. The van der Waals surface area contributed by atoms with Crippen molar-refractivity contribution in [3.05, 3.63) is 41.5 Å². The van der Waals surface area contributed by atoms with Gasteiger partial charge in [0.15, 0.2) is 0 Å². The molecule has 2 rings (SSSR count). The zero-order valence-electron chi connectivity index (χ0n) is 15.5. The van der Waals surface area contributed by atoms with Crippen LogP contribution in [-0.2, 0) is 9.53 Å². The summed E-state index contributed by atoms with van der Waals surface area (Å²) in [5, 5.41) is 0. The number of hydrogen-bond acceptors (Lipinski definition) is 2. The molecule has 0 fully saturated rings. The largest absolute Gasteiger partial charge is 0.459 e. The van der Waals surface area contributed by atoms with E-state index in [0.29, 0.717) is 6.61 Å². The molecule has 1 aliphatic rings. The Kier molecular flexibility index (Phi) is 7.04. The first-order chi connectivity index (χ1) is 11.7. The van der Waals surface area contributed by atoms with Crippen molar-refractivity contribution in [3.63, 3.8) is 0 Å². The van der Waals surface area contributed by atoms with Crippen LogP contribution in [0.4, 0.5) is 0 Å². The Labute approximate surface area is 146 Å². The first-order valence-electron chi connectivity index (χ1n) is 9.44. The minimum absolute atomic E-state index is 0.114. The van der Waals surface area contributed by atoms with Gasteiger partial charge in [0, 0.05) is 0 Å². The summed E-state index contributed by atoms with van der Waals surface area (Å²) < 4.78 is 6.72. The lowest BCUT2D eigenvalue weighted by atomic mass is 10.0. The van der Waals surface area contributed by atoms with Crippen LogP contribution in [0.15, 0.2) is 30.3 Å². The molecule has 0 heterocycles. The Morgan fingerprint density at radius 1 is 1.08 bits per heavy atom. The smallest absolute Gasteiger partial charge is 0.317 e. The van der Waals surface area contributed by atoms with Gasteiger partial charge in [-0.1, -0.05) is 56.7 Å². The van der Waals surface area contributed by atoms with Crippen LogP contribution in [0.25, 0.3) is 6.08 Å². The van der Waals surface area contributed by atoms with Gasteiger partial charge in [-0.25, -0.2) is 0 Å². The molecule has 0 radical (unpaired) electrons. The Bertz CT molecular complexity index is 567. The second-order valence-electron chi connectivity index (χ2n) is 6.82. The second-order valence-corrected chi connectivity index (χ2v) is 6.82. The third-order valence-electron chi connectivity index (χ3n) is 5.22. The molecule has 0 aromatic heterocycles. The zero-order chi connectivity index (χ0) is 17.4. The van der Waals surface area contributed by atoms with Crippen molar-refractivity contribution in [1.82, 2.24) is 0 Å². The number of quaternary nitrogens is 1. The van der Waals surface area contributed by atoms with Gasteiger partial charge in [0.2, 0.25) is 0 Å². The van der Waals surface area contributed by atoms with Crippen LogP contribution in [0, 0.1) is 0 Å². The Morgan fingerprint density at radius 2 is 1.88 bits per heavy atom. The number of hydrogen-bond donors (Lipinski definition) is 0. The average Bonchev–Trinajstić information content (AvgIpc) is 3.03. The molecule has 2 unspecified atom stereocenters. The molecule has 0 bridgehead atoms. The van der Waals surface area contributed by atoms with Gasteiger partial charge in [0.25, 0.3) is 0 Å². The zero-order valence-corrected chi connectivity index (χ0v) is 15.5. The summed E-state index contributed by atoms with van der Waals surface area (Å²) in [4.78, 5) is 12.5. The van der Waals surface area contributed by atoms with E-state index in [9.17, 15) is 4.79 Å². The van der Waals surface area contributed by atoms with Gasteiger partial charge in [-0.2, -0.15) is 0 Å². The van der Waals surface area contributed by atoms with E-state index < -0.39 is 0 Å². The molecule has 132 valence electrons. The van der Waals surface area contributed by atoms with E-state index in [4.69, 9.17) is 4.74 Å². The maximum absolute atomic E-state index is 12.5. The highest BCUT2D eigenvalue weighted by Crippen LogP contribution is 2.30. The Balaban J connectivity index is 1.90. The average molecular weight is 330 g/mol. The number of unbranched alkanes of at least 4 members (excludes halogenated alkanes) is 1. The third-order valence-corrected chi connectivity index (χ3v) is 5.22. The van der Waals surface area contributed by atoms with Crippen LogP contribution < -0.4 is 0 Å². The van der Waals surface area contributed by atoms with Gasteiger partial charge in [0.1, 0.15) is 19.1 Å². The van der Waals surface area contributed by atoms with Crippen LogP contribution >= 0.6 is 0 Å². The predicted octanol–water partition coefficient (Wildman–Crippen LogP) is 4.39. The lowest BCUT2D eigenvalue weighted by molar-refractivity contribution is -0.927. The van der Waals surface area contributed by atoms with Gasteiger partial charge < -0.3 is 9.22 Å². The van der Waals surface area contributed by atoms with Crippen molar-refractivity contribution in [3.8, 4) is 0 Å². The second kappa shape index (κ2) is 9.03. The van der Waals surface area contributed by atoms with E-state index in [0.717, 1.165) is 28.7 Å². The van der Waals surface area contributed by atoms with Crippen molar-refractivity contribution in [1.29, 1.82) is 0 Å². The molecule has 24 heavy (non-hydrogen) atoms. The highest BCUT2D eigenvalue weighted by Gasteiger charge is 2.27. The van der Waals surface area contributed by atoms with Gasteiger partial charge in [-0.15, -0.1) is 0 Å². The normalized spacial score (nSPS) is 18.2. The minimum Gasteiger partial charge on any atom is -0.459 e. The fourth-order valence-corrected chi connectivity index (χ4v) is 3.66. The fraction of sp³-hybridized carbons (Fsp3) is 0.571. The van der Waals surface area contributed by atoms with Crippen molar-refractivity contribution >= 4 is 12.0 Å². The summed E-state index contributed by atoms with van der Waals surface area (Å²) in [6.45, 7) is 11.6. The highest BCUT2D eigenvalue weighted by atomic mass is 16.5. The predicted molar refractivity (Wildman–Crippen MR) is 99.8 cm³/mol. The molecule has 3 nitrogen and oxygen atoms in total. The molecule has 0 aliphatic heterocycles. The number of carbonyl (C=O) groups excluding carboxylic acids is 1. The third kappa shape index (κ3) is 4.47. The van der Waals surface area contributed by atoms with Crippen LogP contribution in [0.5, 0.6) is 0 Å². The molecule has 0 N–H and O–H groups in total. The minimum atomic E-state index is -0.230. The first kappa shape index (κ1) is 18.7. The lowest BCUT2D eigenvalue weighted by Gasteiger charge is -2.37. The van der Waals surface area contributed by atoms with Crippen LogP contribution in [-0.4, -0.2) is 43.2 Å². The van der Waals surface area contributed by atoms with Gasteiger partial charge in [0.05, 0.1) is 19.6 Å². The van der Waals surface area contributed by atoms with Crippen molar-refractivity contribution in [2.75, 3.05) is 32.8 Å². The number of benzene rings is 1. The summed E-state index contributed by atoms with van der Waals surface area (Å²) >= 11 is 0. The van der Waals surface area contributed by atoms with Crippen molar-refractivity contribution in [2.45, 2.75) is 46.0 Å². The van der Waals surface area contributed by atoms with E-state index >= 15 is 0 Å². The SMILES string of the molecule is CCCC[N+](CC)(CCC)CCOC(=O)C1C=Cc2ccccc21. The summed E-state index contributed by atoms with van der Waals surface area (Å²) in [6, 6.07) is 8.05. The maximum Gasteiger partial charge on any atom is 0.317 e. The maximum atomic E-state index is 12.5. The van der Waals surface area contributed by atoms with E-state index in [1.54, 1.807) is 0 Å². The van der Waals surface area contributed by atoms with E-state index in [2.05, 4.69) is 20.8 Å². The van der Waals surface area contributed by atoms with Gasteiger partial charge in [-0.05, 0) is 30.9 Å². The van der Waals surface area contributed by atoms with E-state index in [-0.39, 0.29) is 11.9 Å². The molecule has 1 aliphatic carbocycles. The van der Waals surface area contributed by atoms with Crippen LogP contribution in [0.2, 0.25) is 0 Å². The highest BCUT2D eigenvalue weighted by molar-refractivity contribution is 5.86. The number of esters is 1. The summed E-state index contributed by atoms with van der Waals surface area (Å²) in [5.41, 5.74) is 2.20. The summed E-state index contributed by atoms with van der Waals surface area (Å²) in [6.07, 6.45) is 7.60. The molecule has 0 saturated carbocycles. The fourth-order valence-electron chi connectivity index (χ4n) is 3.66. The molecular weight excluding hydrogens is 298 g/mol. The first-order valence-corrected chi connectivity index (χ1v) is 9.44. The monoisotopic (exact) mass is 330 g/mol. The number of nitrogens with zero attached hydrogens (tertiary/aromatic N) is 1. The molecule has 1 aromatic carbocycles. The quantitative estimate of drug-likeness (QED) is 0.470. The van der Waals surface area contributed by atoms with E-state index in [1.807, 2.05) is 36.4 Å². The topological polar surface area (TPSA) is 26.3 Å². The van der Waals surface area contributed by atoms with Crippen molar-refractivity contribution in [2.24, 2.45) is 0 Å². The van der Waals surface area contributed by atoms with Gasteiger partial charge >= 0.3 is 5.97 Å². The standard InChI is InChI=1S/C21H32NO2/c1-4-7-15-22(6-3,14-5-2)16-17-24-21(23)20-13-12-18-10-8-9-11-19(18)20/h8-13,20H,4-7,14-17H2,1-3H3/q+1. The number of fused-ring (bicyclic) bond motifs is 1. The number of carbonyl (C=O) groups is 1. The Hall–Kier alpha value is -1.61. The molecule has 2 atom stereocenters. The molecule has 0 amide bonds. The van der Waals surface area contributed by atoms with Gasteiger partial charge in [-0.3, -0.25) is 4.79 Å². The number of rotatable bonds is 10. The summed E-state index contributed by atoms with van der Waals surface area (Å²) in [7, 11) is 0. The molecule has 0 spiro atoms. The van der Waals surface area contributed by atoms with Crippen molar-refractivity contribution < 1.29 is 14.0 Å². The van der Waals surface area contributed by atoms with Crippen LogP contribution in [0.1, 0.15) is 57.1 Å². The molecule has 3 heteroatoms. The molecular formula is C21H32NO2+. The lowest BCUT2D eigenvalue weighted by Crippen LogP contribution is -2.51. The molecule has 0 saturated heterocycles. The number of ether oxygens (including phenoxy) is 1.